The van der Waals surface area contributed by atoms with Crippen LogP contribution in [-0.4, -0.2) is 41.2 Å². The number of pyridine rings is 1. The SMILES string of the molecule is COc1ncnc(C2CC2)c1-c1ncc2ccc(=O)n(Cc3ccc(-c4nc(C(F)(F)F)cn4C(C)C)cc3)c2n1. The van der Waals surface area contributed by atoms with E-state index in [9.17, 15) is 18.0 Å². The summed E-state index contributed by atoms with van der Waals surface area (Å²) in [6.07, 6.45) is 1.63. The Kier molecular flexibility index (Phi) is 6.55. The fourth-order valence-electron chi connectivity index (χ4n) is 4.84. The Hall–Kier alpha value is -4.61. The summed E-state index contributed by atoms with van der Waals surface area (Å²) in [5.41, 5.74) is 1.99. The zero-order chi connectivity index (χ0) is 28.9. The Labute approximate surface area is 232 Å². The minimum atomic E-state index is -4.54. The smallest absolute Gasteiger partial charge is 0.434 e. The van der Waals surface area contributed by atoms with Crippen molar-refractivity contribution in [3.63, 3.8) is 0 Å². The Bertz CT molecular complexity index is 1810. The normalized spacial score (nSPS) is 13.7. The second kappa shape index (κ2) is 10.1. The minimum Gasteiger partial charge on any atom is -0.480 e. The molecular weight excluding hydrogens is 535 g/mol. The van der Waals surface area contributed by atoms with E-state index in [-0.39, 0.29) is 29.9 Å². The largest absolute Gasteiger partial charge is 0.480 e. The molecule has 210 valence electrons. The van der Waals surface area contributed by atoms with E-state index >= 15 is 0 Å². The fourth-order valence-corrected chi connectivity index (χ4v) is 4.84. The standard InChI is InChI=1S/C29H26F3N7O2/c1-16(2)38-14-21(29(30,31)32)36-26(38)19-6-4-17(5-7-19)13-39-22(40)11-10-20-12-33-25(37-27(20)39)23-24(18-8-9-18)34-15-35-28(23)41-3/h4-7,10-12,14-16,18H,8-9,13H2,1-3H3. The van der Waals surface area contributed by atoms with Crippen molar-refractivity contribution >= 4 is 11.0 Å². The molecule has 0 aliphatic heterocycles. The third-order valence-electron chi connectivity index (χ3n) is 7.08. The second-order valence-electron chi connectivity index (χ2n) is 10.3. The maximum absolute atomic E-state index is 13.3. The van der Waals surface area contributed by atoms with Crippen molar-refractivity contribution in [1.82, 2.24) is 34.1 Å². The van der Waals surface area contributed by atoms with Crippen LogP contribution in [0.15, 0.2) is 59.9 Å². The number of rotatable bonds is 7. The number of fused-ring (bicyclic) bond motifs is 1. The highest BCUT2D eigenvalue weighted by atomic mass is 19.4. The molecule has 5 aromatic rings. The van der Waals surface area contributed by atoms with Gasteiger partial charge in [-0.1, -0.05) is 24.3 Å². The summed E-state index contributed by atoms with van der Waals surface area (Å²) in [6, 6.07) is 9.88. The molecule has 4 heterocycles. The molecule has 0 spiro atoms. The van der Waals surface area contributed by atoms with Crippen LogP contribution in [0.1, 0.15) is 55.6 Å². The number of nitrogens with zero attached hydrogens (tertiary/aromatic N) is 7. The summed E-state index contributed by atoms with van der Waals surface area (Å²) >= 11 is 0. The lowest BCUT2D eigenvalue weighted by molar-refractivity contribution is -0.140. The van der Waals surface area contributed by atoms with Gasteiger partial charge in [-0.05, 0) is 38.3 Å². The number of halogens is 3. The van der Waals surface area contributed by atoms with Gasteiger partial charge in [0.05, 0.1) is 19.3 Å². The Morgan fingerprint density at radius 1 is 1.02 bits per heavy atom. The van der Waals surface area contributed by atoms with Crippen LogP contribution in [0.3, 0.4) is 0 Å². The lowest BCUT2D eigenvalue weighted by Crippen LogP contribution is -2.21. The number of aromatic nitrogens is 7. The molecule has 12 heteroatoms. The van der Waals surface area contributed by atoms with E-state index in [0.29, 0.717) is 33.9 Å². The summed E-state index contributed by atoms with van der Waals surface area (Å²) in [4.78, 5) is 34.9. The molecule has 0 atom stereocenters. The summed E-state index contributed by atoms with van der Waals surface area (Å²) in [5, 5.41) is 0.674. The third kappa shape index (κ3) is 5.05. The molecule has 0 amide bonds. The molecule has 0 saturated heterocycles. The van der Waals surface area contributed by atoms with Crippen LogP contribution in [0.5, 0.6) is 5.88 Å². The predicted molar refractivity (Wildman–Crippen MR) is 146 cm³/mol. The summed E-state index contributed by atoms with van der Waals surface area (Å²) in [6.45, 7) is 3.79. The van der Waals surface area contributed by atoms with Crippen LogP contribution in [0.25, 0.3) is 33.8 Å². The van der Waals surface area contributed by atoms with E-state index in [0.717, 1.165) is 30.3 Å². The molecule has 4 aromatic heterocycles. The molecule has 0 unspecified atom stereocenters. The van der Waals surface area contributed by atoms with Crippen LogP contribution >= 0.6 is 0 Å². The third-order valence-corrected chi connectivity index (χ3v) is 7.08. The summed E-state index contributed by atoms with van der Waals surface area (Å²) < 4.78 is 48.6. The van der Waals surface area contributed by atoms with Crippen molar-refractivity contribution in [1.29, 1.82) is 0 Å². The minimum absolute atomic E-state index is 0.192. The number of methoxy groups -OCH3 is 1. The molecule has 1 aliphatic carbocycles. The molecule has 41 heavy (non-hydrogen) atoms. The second-order valence-corrected chi connectivity index (χ2v) is 10.3. The van der Waals surface area contributed by atoms with E-state index in [4.69, 9.17) is 9.72 Å². The summed E-state index contributed by atoms with van der Waals surface area (Å²) in [5.74, 6) is 1.25. The first kappa shape index (κ1) is 26.6. The van der Waals surface area contributed by atoms with Gasteiger partial charge in [0.2, 0.25) is 5.88 Å². The van der Waals surface area contributed by atoms with E-state index in [1.165, 1.54) is 24.1 Å². The molecule has 1 saturated carbocycles. The first-order valence-electron chi connectivity index (χ1n) is 13.1. The molecule has 0 radical (unpaired) electrons. The molecule has 1 fully saturated rings. The van der Waals surface area contributed by atoms with Gasteiger partial charge in [-0.15, -0.1) is 0 Å². The number of hydrogen-bond donors (Lipinski definition) is 0. The van der Waals surface area contributed by atoms with Crippen molar-refractivity contribution in [3.05, 3.63) is 82.4 Å². The molecule has 1 aromatic carbocycles. The monoisotopic (exact) mass is 561 g/mol. The fraction of sp³-hybridized carbons (Fsp3) is 0.310. The highest BCUT2D eigenvalue weighted by Gasteiger charge is 2.35. The van der Waals surface area contributed by atoms with Crippen molar-refractivity contribution in [2.45, 2.75) is 51.4 Å². The Morgan fingerprint density at radius 2 is 1.78 bits per heavy atom. The quantitative estimate of drug-likeness (QED) is 0.253. The Morgan fingerprint density at radius 3 is 2.44 bits per heavy atom. The average Bonchev–Trinajstić information content (AvgIpc) is 3.70. The highest BCUT2D eigenvalue weighted by Crippen LogP contribution is 2.44. The van der Waals surface area contributed by atoms with Gasteiger partial charge in [-0.2, -0.15) is 13.2 Å². The lowest BCUT2D eigenvalue weighted by atomic mass is 10.1. The van der Waals surface area contributed by atoms with Crippen LogP contribution in [0.4, 0.5) is 13.2 Å². The molecular formula is C29H26F3N7O2. The van der Waals surface area contributed by atoms with E-state index < -0.39 is 11.9 Å². The van der Waals surface area contributed by atoms with Crippen molar-refractivity contribution < 1.29 is 17.9 Å². The van der Waals surface area contributed by atoms with Crippen molar-refractivity contribution in [2.75, 3.05) is 7.11 Å². The number of imidazole rings is 1. The Balaban J connectivity index is 1.38. The van der Waals surface area contributed by atoms with Crippen LogP contribution in [0.2, 0.25) is 0 Å². The topological polar surface area (TPSA) is 101 Å². The van der Waals surface area contributed by atoms with Gasteiger partial charge in [0.1, 0.15) is 23.4 Å². The maximum Gasteiger partial charge on any atom is 0.434 e. The predicted octanol–water partition coefficient (Wildman–Crippen LogP) is 5.65. The van der Waals surface area contributed by atoms with Crippen LogP contribution in [-0.2, 0) is 12.7 Å². The number of ether oxygens (including phenoxy) is 1. The molecule has 0 bridgehead atoms. The summed E-state index contributed by atoms with van der Waals surface area (Å²) in [7, 11) is 1.53. The van der Waals surface area contributed by atoms with Gasteiger partial charge in [0, 0.05) is 41.4 Å². The molecule has 6 rings (SSSR count). The lowest BCUT2D eigenvalue weighted by Gasteiger charge is -2.14. The van der Waals surface area contributed by atoms with Crippen molar-refractivity contribution in [3.8, 4) is 28.7 Å². The maximum atomic E-state index is 13.3. The van der Waals surface area contributed by atoms with E-state index in [1.807, 2.05) is 0 Å². The van der Waals surface area contributed by atoms with Crippen molar-refractivity contribution in [2.24, 2.45) is 0 Å². The number of hydrogen-bond acceptors (Lipinski definition) is 7. The zero-order valence-electron chi connectivity index (χ0n) is 22.6. The van der Waals surface area contributed by atoms with Gasteiger partial charge in [-0.3, -0.25) is 9.36 Å². The highest BCUT2D eigenvalue weighted by molar-refractivity contribution is 5.78. The van der Waals surface area contributed by atoms with Gasteiger partial charge < -0.3 is 9.30 Å². The molecule has 9 nitrogen and oxygen atoms in total. The molecule has 1 aliphatic rings. The van der Waals surface area contributed by atoms with Gasteiger partial charge in [0.25, 0.3) is 5.56 Å². The average molecular weight is 562 g/mol. The van der Waals surface area contributed by atoms with Gasteiger partial charge in [0.15, 0.2) is 11.5 Å². The molecule has 0 N–H and O–H groups in total. The van der Waals surface area contributed by atoms with E-state index in [1.54, 1.807) is 54.9 Å². The number of benzene rings is 1. The first-order chi connectivity index (χ1) is 19.6. The van der Waals surface area contributed by atoms with Crippen LogP contribution in [0, 0.1) is 0 Å². The zero-order valence-corrected chi connectivity index (χ0v) is 22.6. The van der Waals surface area contributed by atoms with E-state index in [2.05, 4.69) is 19.9 Å². The van der Waals surface area contributed by atoms with Crippen LogP contribution < -0.4 is 10.3 Å². The first-order valence-corrected chi connectivity index (χ1v) is 13.1. The number of alkyl halides is 3. The van der Waals surface area contributed by atoms with Gasteiger partial charge in [-0.25, -0.2) is 24.9 Å². The van der Waals surface area contributed by atoms with Gasteiger partial charge >= 0.3 is 6.18 Å².